The van der Waals surface area contributed by atoms with Gasteiger partial charge in [0.1, 0.15) is 12.1 Å². The molecule has 14 heavy (non-hydrogen) atoms. The number of aromatic nitrogens is 4. The maximum Gasteiger partial charge on any atom is 0.163 e. The quantitative estimate of drug-likeness (QED) is 0.712. The Labute approximate surface area is 81.3 Å². The molecule has 5 nitrogen and oxygen atoms in total. The van der Waals surface area contributed by atoms with Gasteiger partial charge in [-0.2, -0.15) is 5.10 Å². The average Bonchev–Trinajstić information content (AvgIpc) is 2.46. The SMILES string of the molecule is C=CCn1nc(C)c2c(N)ncnc21. The van der Waals surface area contributed by atoms with Crippen LogP contribution in [0.2, 0.25) is 0 Å². The zero-order chi connectivity index (χ0) is 10.1. The molecule has 0 saturated heterocycles. The lowest BCUT2D eigenvalue weighted by Gasteiger charge is -1.97. The van der Waals surface area contributed by atoms with Crippen molar-refractivity contribution in [3.8, 4) is 0 Å². The number of hydrogen-bond donors (Lipinski definition) is 1. The number of allylic oxidation sites excluding steroid dienone is 1. The van der Waals surface area contributed by atoms with Gasteiger partial charge >= 0.3 is 0 Å². The molecule has 0 aliphatic rings. The van der Waals surface area contributed by atoms with Crippen molar-refractivity contribution in [3.63, 3.8) is 0 Å². The minimum absolute atomic E-state index is 0.475. The highest BCUT2D eigenvalue weighted by Crippen LogP contribution is 2.19. The monoisotopic (exact) mass is 189 g/mol. The average molecular weight is 189 g/mol. The summed E-state index contributed by atoms with van der Waals surface area (Å²) in [6.45, 7) is 6.18. The minimum atomic E-state index is 0.475. The molecule has 0 aliphatic heterocycles. The highest BCUT2D eigenvalue weighted by atomic mass is 15.3. The van der Waals surface area contributed by atoms with Crippen LogP contribution in [0, 0.1) is 6.92 Å². The van der Waals surface area contributed by atoms with Crippen LogP contribution >= 0.6 is 0 Å². The van der Waals surface area contributed by atoms with Crippen molar-refractivity contribution in [2.24, 2.45) is 0 Å². The lowest BCUT2D eigenvalue weighted by molar-refractivity contribution is 0.711. The van der Waals surface area contributed by atoms with E-state index in [-0.39, 0.29) is 0 Å². The first-order valence-electron chi connectivity index (χ1n) is 4.28. The van der Waals surface area contributed by atoms with E-state index >= 15 is 0 Å². The molecule has 0 aliphatic carbocycles. The van der Waals surface area contributed by atoms with E-state index in [4.69, 9.17) is 5.73 Å². The van der Waals surface area contributed by atoms with Crippen LogP contribution in [0.5, 0.6) is 0 Å². The lowest BCUT2D eigenvalue weighted by Crippen LogP contribution is -1.99. The minimum Gasteiger partial charge on any atom is -0.383 e. The van der Waals surface area contributed by atoms with Crippen molar-refractivity contribution in [3.05, 3.63) is 24.7 Å². The summed E-state index contributed by atoms with van der Waals surface area (Å²) in [6, 6.07) is 0. The van der Waals surface area contributed by atoms with Gasteiger partial charge < -0.3 is 5.73 Å². The molecule has 0 amide bonds. The van der Waals surface area contributed by atoms with Crippen molar-refractivity contribution in [1.82, 2.24) is 19.7 Å². The predicted octanol–water partition coefficient (Wildman–Crippen LogP) is 0.903. The summed E-state index contributed by atoms with van der Waals surface area (Å²) in [4.78, 5) is 8.07. The summed E-state index contributed by atoms with van der Waals surface area (Å²) in [5.74, 6) is 0.475. The first-order chi connectivity index (χ1) is 6.74. The summed E-state index contributed by atoms with van der Waals surface area (Å²) in [7, 11) is 0. The van der Waals surface area contributed by atoms with Gasteiger partial charge in [0.25, 0.3) is 0 Å². The third-order valence-corrected chi connectivity index (χ3v) is 2.04. The van der Waals surface area contributed by atoms with Crippen LogP contribution in [0.25, 0.3) is 11.0 Å². The van der Waals surface area contributed by atoms with Gasteiger partial charge in [0.2, 0.25) is 0 Å². The molecule has 0 aromatic carbocycles. The summed E-state index contributed by atoms with van der Waals surface area (Å²) in [5, 5.41) is 5.13. The molecule has 72 valence electrons. The van der Waals surface area contributed by atoms with Crippen LogP contribution < -0.4 is 5.73 Å². The van der Waals surface area contributed by atoms with E-state index in [0.717, 1.165) is 16.7 Å². The predicted molar refractivity (Wildman–Crippen MR) is 54.7 cm³/mol. The smallest absolute Gasteiger partial charge is 0.163 e. The lowest BCUT2D eigenvalue weighted by atomic mass is 10.3. The van der Waals surface area contributed by atoms with E-state index in [1.165, 1.54) is 6.33 Å². The van der Waals surface area contributed by atoms with Crippen LogP contribution in [0.3, 0.4) is 0 Å². The highest BCUT2D eigenvalue weighted by Gasteiger charge is 2.10. The van der Waals surface area contributed by atoms with Gasteiger partial charge in [-0.15, -0.1) is 6.58 Å². The van der Waals surface area contributed by atoms with Crippen LogP contribution in [-0.2, 0) is 6.54 Å². The first kappa shape index (κ1) is 8.68. The number of fused-ring (bicyclic) bond motifs is 1. The van der Waals surface area contributed by atoms with E-state index in [1.54, 1.807) is 10.8 Å². The van der Waals surface area contributed by atoms with Crippen LogP contribution in [-0.4, -0.2) is 19.7 Å². The molecule has 2 rings (SSSR count). The van der Waals surface area contributed by atoms with Crippen molar-refractivity contribution in [1.29, 1.82) is 0 Å². The second-order valence-electron chi connectivity index (χ2n) is 3.01. The van der Waals surface area contributed by atoms with Gasteiger partial charge in [-0.3, -0.25) is 0 Å². The van der Waals surface area contributed by atoms with Crippen LogP contribution in [0.4, 0.5) is 5.82 Å². The van der Waals surface area contributed by atoms with E-state index in [2.05, 4.69) is 21.6 Å². The van der Waals surface area contributed by atoms with Crippen molar-refractivity contribution >= 4 is 16.9 Å². The van der Waals surface area contributed by atoms with Crippen molar-refractivity contribution in [2.75, 3.05) is 5.73 Å². The normalized spacial score (nSPS) is 10.6. The fourth-order valence-electron chi connectivity index (χ4n) is 1.46. The maximum absolute atomic E-state index is 5.74. The van der Waals surface area contributed by atoms with Gasteiger partial charge in [0.15, 0.2) is 5.65 Å². The number of anilines is 1. The molecule has 5 heteroatoms. The van der Waals surface area contributed by atoms with Gasteiger partial charge in [-0.05, 0) is 6.92 Å². The number of nitrogen functional groups attached to an aromatic ring is 1. The third kappa shape index (κ3) is 1.14. The Hall–Kier alpha value is -1.91. The molecular formula is C9H11N5. The number of rotatable bonds is 2. The van der Waals surface area contributed by atoms with E-state index in [1.807, 2.05) is 6.92 Å². The number of nitrogens with zero attached hydrogens (tertiary/aromatic N) is 4. The third-order valence-electron chi connectivity index (χ3n) is 2.04. The Morgan fingerprint density at radius 1 is 1.57 bits per heavy atom. The molecular weight excluding hydrogens is 178 g/mol. The number of hydrogen-bond acceptors (Lipinski definition) is 4. The molecule has 0 spiro atoms. The maximum atomic E-state index is 5.74. The number of aryl methyl sites for hydroxylation is 1. The largest absolute Gasteiger partial charge is 0.383 e. The first-order valence-corrected chi connectivity index (χ1v) is 4.28. The fourth-order valence-corrected chi connectivity index (χ4v) is 1.46. The van der Waals surface area contributed by atoms with E-state index in [9.17, 15) is 0 Å². The molecule has 0 radical (unpaired) electrons. The van der Waals surface area contributed by atoms with E-state index < -0.39 is 0 Å². The van der Waals surface area contributed by atoms with Gasteiger partial charge in [0.05, 0.1) is 17.6 Å². The van der Waals surface area contributed by atoms with Crippen LogP contribution in [0.15, 0.2) is 19.0 Å². The standard InChI is InChI=1S/C9H11N5/c1-3-4-14-9-7(6(2)13-14)8(10)11-5-12-9/h3,5H,1,4H2,2H3,(H2,10,11,12). The molecule has 0 atom stereocenters. The molecule has 2 aromatic rings. The van der Waals surface area contributed by atoms with Crippen molar-refractivity contribution in [2.45, 2.75) is 13.5 Å². The Morgan fingerprint density at radius 2 is 2.36 bits per heavy atom. The second kappa shape index (κ2) is 3.10. The molecule has 0 bridgehead atoms. The Morgan fingerprint density at radius 3 is 3.07 bits per heavy atom. The summed E-state index contributed by atoms with van der Waals surface area (Å²) in [5.41, 5.74) is 7.34. The topological polar surface area (TPSA) is 69.6 Å². The van der Waals surface area contributed by atoms with E-state index in [0.29, 0.717) is 12.4 Å². The van der Waals surface area contributed by atoms with Crippen molar-refractivity contribution < 1.29 is 0 Å². The summed E-state index contributed by atoms with van der Waals surface area (Å²) >= 11 is 0. The molecule has 0 fully saturated rings. The highest BCUT2D eigenvalue weighted by molar-refractivity contribution is 5.87. The fraction of sp³-hybridized carbons (Fsp3) is 0.222. The zero-order valence-corrected chi connectivity index (χ0v) is 7.94. The Bertz CT molecular complexity index is 485. The molecule has 2 N–H and O–H groups in total. The summed E-state index contributed by atoms with van der Waals surface area (Å²) < 4.78 is 1.76. The number of nitrogens with two attached hydrogens (primary N) is 1. The molecule has 0 unspecified atom stereocenters. The summed E-state index contributed by atoms with van der Waals surface area (Å²) in [6.07, 6.45) is 3.21. The van der Waals surface area contributed by atoms with Gasteiger partial charge in [-0.25, -0.2) is 14.6 Å². The Kier molecular flexibility index (Phi) is 1.92. The van der Waals surface area contributed by atoms with Gasteiger partial charge in [0, 0.05) is 0 Å². The second-order valence-corrected chi connectivity index (χ2v) is 3.01. The Balaban J connectivity index is 2.77. The zero-order valence-electron chi connectivity index (χ0n) is 7.94. The molecule has 2 heterocycles. The molecule has 2 aromatic heterocycles. The van der Waals surface area contributed by atoms with Gasteiger partial charge in [-0.1, -0.05) is 6.08 Å². The van der Waals surface area contributed by atoms with Crippen LogP contribution in [0.1, 0.15) is 5.69 Å². The molecule has 0 saturated carbocycles.